The molecule has 0 aromatic heterocycles. The zero-order valence-electron chi connectivity index (χ0n) is 52.6. The van der Waals surface area contributed by atoms with Crippen LogP contribution in [-0.2, 0) is 61.5 Å². The number of nitrogens with two attached hydrogens (primary N) is 5. The molecule has 19 nitrogen and oxygen atoms in total. The fraction of sp³-hybridized carbons (Fsp3) is 0.253. The van der Waals surface area contributed by atoms with Crippen LogP contribution in [0.4, 0.5) is 22.7 Å². The van der Waals surface area contributed by atoms with Crippen molar-refractivity contribution in [2.24, 2.45) is 28.7 Å². The van der Waals surface area contributed by atoms with Crippen LogP contribution in [0.25, 0.3) is 0 Å². The van der Waals surface area contributed by atoms with Gasteiger partial charge in [0.25, 0.3) is 0 Å². The van der Waals surface area contributed by atoms with Gasteiger partial charge in [0, 0.05) is 134 Å². The van der Waals surface area contributed by atoms with E-state index >= 15 is 0 Å². The van der Waals surface area contributed by atoms with Crippen molar-refractivity contribution in [1.29, 1.82) is 0 Å². The predicted molar refractivity (Wildman–Crippen MR) is 364 cm³/mol. The van der Waals surface area contributed by atoms with E-state index in [0.717, 1.165) is 130 Å². The summed E-state index contributed by atoms with van der Waals surface area (Å²) >= 11 is 0. The van der Waals surface area contributed by atoms with Gasteiger partial charge in [-0.15, -0.1) is 0 Å². The zero-order valence-corrected chi connectivity index (χ0v) is 52.6. The van der Waals surface area contributed by atoms with E-state index < -0.39 is 11.8 Å². The first-order valence-corrected chi connectivity index (χ1v) is 31.7. The topological polar surface area (TPSA) is 304 Å². The van der Waals surface area contributed by atoms with E-state index in [9.17, 15) is 38.4 Å². The quantitative estimate of drug-likeness (QED) is 0.0450. The molecule has 6 aliphatic rings. The minimum atomic E-state index is -0.419. The minimum Gasteiger partial charge on any atom is -0.367 e. The largest absolute Gasteiger partial charge is 0.367 e. The number of ketones is 1. The highest BCUT2D eigenvalue weighted by Crippen LogP contribution is 2.35. The van der Waals surface area contributed by atoms with Crippen LogP contribution in [0.1, 0.15) is 156 Å². The summed E-state index contributed by atoms with van der Waals surface area (Å²) in [5, 5.41) is 5.89. The summed E-state index contributed by atoms with van der Waals surface area (Å²) in [6, 6.07) is 54.8. The van der Waals surface area contributed by atoms with Gasteiger partial charge in [0.15, 0.2) is 5.78 Å². The Bertz CT molecular complexity index is 3940. The Morgan fingerprint density at radius 1 is 0.383 bits per heavy atom. The van der Waals surface area contributed by atoms with Gasteiger partial charge in [0.2, 0.25) is 41.4 Å². The third-order valence-electron chi connectivity index (χ3n) is 18.3. The fourth-order valence-electron chi connectivity index (χ4n) is 13.1. The number of primary amides is 5. The summed E-state index contributed by atoms with van der Waals surface area (Å²) in [6.07, 6.45) is 5.76. The van der Waals surface area contributed by atoms with Crippen LogP contribution in [0.15, 0.2) is 170 Å². The van der Waals surface area contributed by atoms with Crippen LogP contribution in [0.5, 0.6) is 0 Å². The van der Waals surface area contributed by atoms with Gasteiger partial charge < -0.3 is 58.9 Å². The molecule has 7 amide bonds. The number of carbonyl (C=O) groups excluding carboxylic acids is 8. The first-order chi connectivity index (χ1) is 45.3. The molecule has 94 heavy (non-hydrogen) atoms. The molecule has 2 unspecified atom stereocenters. The van der Waals surface area contributed by atoms with Gasteiger partial charge in [0.1, 0.15) is 0 Å². The van der Waals surface area contributed by atoms with Crippen molar-refractivity contribution < 1.29 is 38.4 Å². The lowest BCUT2D eigenvalue weighted by molar-refractivity contribution is -0.120. The van der Waals surface area contributed by atoms with Gasteiger partial charge in [-0.2, -0.15) is 0 Å². The molecule has 0 saturated carbocycles. The van der Waals surface area contributed by atoms with E-state index in [4.69, 9.17) is 28.7 Å². The van der Waals surface area contributed by atoms with Gasteiger partial charge in [-0.3, -0.25) is 38.4 Å². The number of hydrogen-bond acceptors (Lipinski definition) is 12. The van der Waals surface area contributed by atoms with Crippen molar-refractivity contribution >= 4 is 69.9 Å². The highest BCUT2D eigenvalue weighted by Gasteiger charge is 2.27. The molecule has 8 aromatic carbocycles. The summed E-state index contributed by atoms with van der Waals surface area (Å²) in [5.74, 6) is -1.32. The lowest BCUT2D eigenvalue weighted by Gasteiger charge is -2.20. The number of rotatable bonds is 16. The van der Waals surface area contributed by atoms with Crippen LogP contribution in [0.3, 0.4) is 0 Å². The molecule has 0 spiro atoms. The number of Topliss-reactive ketones (excluding diaryl/α,β-unsaturated/α-hetero) is 1. The van der Waals surface area contributed by atoms with Crippen molar-refractivity contribution in [2.75, 3.05) is 52.3 Å². The number of amides is 7. The van der Waals surface area contributed by atoms with E-state index in [1.807, 2.05) is 84.9 Å². The number of benzene rings is 8. The van der Waals surface area contributed by atoms with E-state index in [1.54, 1.807) is 43.3 Å². The van der Waals surface area contributed by atoms with Crippen LogP contribution in [0, 0.1) is 0 Å². The third-order valence-corrected chi connectivity index (χ3v) is 18.3. The predicted octanol–water partition coefficient (Wildman–Crippen LogP) is 8.25. The molecular weight excluding hydrogens is 1180 g/mol. The third kappa shape index (κ3) is 15.4. The lowest BCUT2D eigenvalue weighted by Crippen LogP contribution is -2.20. The standard InChI is InChI=1S/2C20H21N3O2.C18H18N2O2.C17H17N3O2/c21-20(25)16-5-7-18-15(11-16)9-10-23(18)12-13-1-3-14(4-2-13)17-6-8-19(24)22-17;21-20(25)16-5-6-18-15(9-16)7-8-23(18)12-13-1-3-14(4-2-13)17-10-19(24)22-11-17;1-12(21)14-4-2-13(3-5-14)11-20-9-8-15-10-16(18(19)22)6-7-17(15)20;18-16(21)12-3-1-11(2-4-12)10-20-8-7-13-9-14(17(19)22)5-6-15(13)20/h1-5,7,11,17H,6,8-10,12H2,(H2,21,25)(H,22,24);1-6,9,17H,7-8,10-12H2,(H2,21,25)(H,22,24);2-7,10H,8-9,11H2,1H3,(H2,19,22);1-6,9H,7-8,10H2,(H2,18,21)(H2,19,22). The number of nitrogens with zero attached hydrogens (tertiary/aromatic N) is 4. The molecule has 19 heteroatoms. The Kier molecular flexibility index (Phi) is 19.6. The van der Waals surface area contributed by atoms with Crippen molar-refractivity contribution in [3.63, 3.8) is 0 Å². The molecule has 6 heterocycles. The summed E-state index contributed by atoms with van der Waals surface area (Å²) in [7, 11) is 0. The molecule has 2 fully saturated rings. The highest BCUT2D eigenvalue weighted by molar-refractivity contribution is 5.96. The van der Waals surface area contributed by atoms with Gasteiger partial charge >= 0.3 is 0 Å². The summed E-state index contributed by atoms with van der Waals surface area (Å²) in [6.45, 7) is 9.23. The maximum atomic E-state index is 11.4. The van der Waals surface area contributed by atoms with E-state index in [1.165, 1.54) is 44.8 Å². The Labute approximate surface area is 546 Å². The molecule has 8 aromatic rings. The van der Waals surface area contributed by atoms with Crippen molar-refractivity contribution in [3.8, 4) is 0 Å². The monoisotopic (exact) mass is 1260 g/mol. The average molecular weight is 1260 g/mol. The molecule has 0 aliphatic carbocycles. The second-order valence-corrected chi connectivity index (χ2v) is 24.7. The van der Waals surface area contributed by atoms with E-state index in [-0.39, 0.29) is 41.4 Å². The molecule has 0 radical (unpaired) electrons. The molecule has 2 saturated heterocycles. The van der Waals surface area contributed by atoms with Gasteiger partial charge in [-0.05, 0) is 180 Å². The van der Waals surface area contributed by atoms with Crippen LogP contribution in [-0.4, -0.2) is 79.9 Å². The smallest absolute Gasteiger partial charge is 0.248 e. The van der Waals surface area contributed by atoms with Crippen LogP contribution < -0.4 is 58.9 Å². The maximum Gasteiger partial charge on any atom is 0.248 e. The molecule has 480 valence electrons. The summed E-state index contributed by atoms with van der Waals surface area (Å²) in [4.78, 5) is 99.4. The van der Waals surface area contributed by atoms with Crippen molar-refractivity contribution in [3.05, 3.63) is 259 Å². The van der Waals surface area contributed by atoms with E-state index in [2.05, 4.69) is 78.8 Å². The number of fused-ring (bicyclic) bond motifs is 4. The molecule has 12 N–H and O–H groups in total. The first kappa shape index (κ1) is 64.4. The van der Waals surface area contributed by atoms with Crippen LogP contribution in [0.2, 0.25) is 0 Å². The maximum absolute atomic E-state index is 11.4. The zero-order chi connectivity index (χ0) is 66.2. The number of nitrogens with one attached hydrogen (secondary N) is 2. The van der Waals surface area contributed by atoms with Crippen molar-refractivity contribution in [2.45, 2.75) is 90.0 Å². The second kappa shape index (κ2) is 28.6. The number of hydrogen-bond donors (Lipinski definition) is 7. The first-order valence-electron chi connectivity index (χ1n) is 31.7. The molecule has 6 aliphatic heterocycles. The summed E-state index contributed by atoms with van der Waals surface area (Å²) < 4.78 is 0. The Morgan fingerprint density at radius 3 is 0.979 bits per heavy atom. The molecule has 0 bridgehead atoms. The van der Waals surface area contributed by atoms with Crippen molar-refractivity contribution in [1.82, 2.24) is 10.6 Å². The SMILES string of the molecule is CC(=O)c1ccc(CN2CCc3cc(C(N)=O)ccc32)cc1.NC(=O)c1ccc(CN2CCc3cc(C(N)=O)ccc32)cc1.NC(=O)c1ccc2c(c1)CCN2Cc1ccc(C2CCC(=O)N2)cc1.NC(=O)c1ccc2c(c1)CCN2Cc1ccc(C2CNC(=O)C2)cc1. The molecular formula is C75H77N11O8. The van der Waals surface area contributed by atoms with Gasteiger partial charge in [-0.25, -0.2) is 0 Å². The van der Waals surface area contributed by atoms with E-state index in [0.29, 0.717) is 46.6 Å². The average Bonchev–Trinajstić information content (AvgIpc) is 1.71. The Balaban J connectivity index is 0.000000128. The lowest BCUT2D eigenvalue weighted by atomic mass is 9.97. The number of carbonyl (C=O) groups is 8. The normalized spacial score (nSPS) is 16.2. The Hall–Kier alpha value is -11.1. The van der Waals surface area contributed by atoms with Gasteiger partial charge in [0.05, 0.1) is 6.04 Å². The van der Waals surface area contributed by atoms with Crippen LogP contribution >= 0.6 is 0 Å². The number of anilines is 4. The molecule has 14 rings (SSSR count). The fourth-order valence-corrected chi connectivity index (χ4v) is 13.1. The summed E-state index contributed by atoms with van der Waals surface area (Å²) in [5.41, 5.74) is 46.6. The minimum absolute atomic E-state index is 0.0806. The van der Waals surface area contributed by atoms with Gasteiger partial charge in [-0.1, -0.05) is 84.9 Å². The highest BCUT2D eigenvalue weighted by atomic mass is 16.2. The molecule has 2 atom stereocenters. The second-order valence-electron chi connectivity index (χ2n) is 24.7. The Morgan fingerprint density at radius 2 is 0.691 bits per heavy atom.